The van der Waals surface area contributed by atoms with Crippen LogP contribution in [0.15, 0.2) is 23.7 Å². The topological polar surface area (TPSA) is 45.2 Å². The summed E-state index contributed by atoms with van der Waals surface area (Å²) in [5, 5.41) is 5.52. The van der Waals surface area contributed by atoms with Gasteiger partial charge < -0.3 is 4.90 Å². The molecular formula is C16H21N3OS. The van der Waals surface area contributed by atoms with Crippen LogP contribution in [0.3, 0.4) is 0 Å². The number of carbonyl (C=O) groups excluding carboxylic acids is 1. The van der Waals surface area contributed by atoms with Crippen molar-refractivity contribution in [1.29, 1.82) is 0 Å². The second kappa shape index (κ2) is 5.73. The fourth-order valence-corrected chi connectivity index (χ4v) is 3.65. The number of nitrogens with one attached hydrogen (secondary N) is 1. The van der Waals surface area contributed by atoms with E-state index in [9.17, 15) is 4.79 Å². The van der Waals surface area contributed by atoms with Gasteiger partial charge in [0.1, 0.15) is 0 Å². The molecule has 0 radical (unpaired) electrons. The first kappa shape index (κ1) is 14.5. The average Bonchev–Trinajstić information content (AvgIpc) is 3.05. The molecular weight excluding hydrogens is 282 g/mol. The number of amides is 1. The molecule has 1 aliphatic heterocycles. The first-order valence-corrected chi connectivity index (χ1v) is 8.34. The second-order valence-corrected chi connectivity index (χ2v) is 6.88. The highest BCUT2D eigenvalue weighted by atomic mass is 32.1. The SMILES string of the molecule is CC(C)N1CC[C@H](N[C@@H](C)c2cnc3ccsc3c2)C1=O. The van der Waals surface area contributed by atoms with Crippen LogP contribution >= 0.6 is 11.3 Å². The highest BCUT2D eigenvalue weighted by Crippen LogP contribution is 2.24. The van der Waals surface area contributed by atoms with Crippen molar-refractivity contribution in [2.75, 3.05) is 6.54 Å². The Hall–Kier alpha value is -1.46. The molecule has 0 spiro atoms. The monoisotopic (exact) mass is 303 g/mol. The molecule has 4 nitrogen and oxygen atoms in total. The van der Waals surface area contributed by atoms with E-state index in [4.69, 9.17) is 0 Å². The van der Waals surface area contributed by atoms with E-state index < -0.39 is 0 Å². The van der Waals surface area contributed by atoms with Crippen LogP contribution in [0.25, 0.3) is 10.2 Å². The van der Waals surface area contributed by atoms with Gasteiger partial charge in [0.15, 0.2) is 0 Å². The number of hydrogen-bond acceptors (Lipinski definition) is 4. The number of rotatable bonds is 4. The molecule has 1 amide bonds. The van der Waals surface area contributed by atoms with Crippen LogP contribution in [-0.4, -0.2) is 34.4 Å². The van der Waals surface area contributed by atoms with E-state index in [1.54, 1.807) is 11.3 Å². The zero-order valence-corrected chi connectivity index (χ0v) is 13.5. The third-order valence-corrected chi connectivity index (χ3v) is 4.99. The fourth-order valence-electron chi connectivity index (χ4n) is 2.87. The van der Waals surface area contributed by atoms with Crippen molar-refractivity contribution < 1.29 is 4.79 Å². The minimum Gasteiger partial charge on any atom is -0.339 e. The van der Waals surface area contributed by atoms with Crippen molar-refractivity contribution in [2.24, 2.45) is 0 Å². The van der Waals surface area contributed by atoms with Gasteiger partial charge in [-0.3, -0.25) is 15.1 Å². The van der Waals surface area contributed by atoms with E-state index in [0.29, 0.717) is 0 Å². The molecule has 0 bridgehead atoms. The molecule has 0 unspecified atom stereocenters. The summed E-state index contributed by atoms with van der Waals surface area (Å²) in [5.74, 6) is 0.224. The Morgan fingerprint density at radius 1 is 1.43 bits per heavy atom. The van der Waals surface area contributed by atoms with Crippen LogP contribution in [0, 0.1) is 0 Å². The molecule has 1 fully saturated rings. The number of fused-ring (bicyclic) bond motifs is 1. The number of nitrogens with zero attached hydrogens (tertiary/aromatic N) is 2. The van der Waals surface area contributed by atoms with Crippen molar-refractivity contribution >= 4 is 27.5 Å². The zero-order valence-electron chi connectivity index (χ0n) is 12.7. The number of pyridine rings is 1. The van der Waals surface area contributed by atoms with Gasteiger partial charge in [-0.25, -0.2) is 0 Å². The third-order valence-electron chi connectivity index (χ3n) is 4.14. The van der Waals surface area contributed by atoms with E-state index >= 15 is 0 Å². The van der Waals surface area contributed by atoms with Gasteiger partial charge in [0.25, 0.3) is 0 Å². The van der Waals surface area contributed by atoms with Gasteiger partial charge in [-0.1, -0.05) is 0 Å². The summed E-state index contributed by atoms with van der Waals surface area (Å²) < 4.78 is 1.20. The lowest BCUT2D eigenvalue weighted by Gasteiger charge is -2.22. The Morgan fingerprint density at radius 3 is 2.95 bits per heavy atom. The Balaban J connectivity index is 1.71. The Morgan fingerprint density at radius 2 is 2.24 bits per heavy atom. The maximum Gasteiger partial charge on any atom is 0.240 e. The fraction of sp³-hybridized carbons (Fsp3) is 0.500. The molecule has 0 saturated carbocycles. The average molecular weight is 303 g/mol. The molecule has 3 rings (SSSR count). The Labute approximate surface area is 129 Å². The summed E-state index contributed by atoms with van der Waals surface area (Å²) >= 11 is 1.70. The molecule has 1 aliphatic rings. The highest BCUT2D eigenvalue weighted by Gasteiger charge is 2.33. The minimum absolute atomic E-state index is 0.0681. The molecule has 1 N–H and O–H groups in total. The lowest BCUT2D eigenvalue weighted by atomic mass is 10.1. The van der Waals surface area contributed by atoms with Gasteiger partial charge in [0, 0.05) is 24.8 Å². The van der Waals surface area contributed by atoms with Crippen LogP contribution < -0.4 is 5.32 Å². The van der Waals surface area contributed by atoms with Gasteiger partial charge in [-0.05, 0) is 50.3 Å². The molecule has 2 aromatic heterocycles. The van der Waals surface area contributed by atoms with Crippen LogP contribution in [0.1, 0.15) is 38.8 Å². The van der Waals surface area contributed by atoms with Crippen LogP contribution in [0.4, 0.5) is 0 Å². The van der Waals surface area contributed by atoms with Gasteiger partial charge in [-0.2, -0.15) is 0 Å². The first-order valence-electron chi connectivity index (χ1n) is 7.46. The van der Waals surface area contributed by atoms with Crippen LogP contribution in [0.2, 0.25) is 0 Å². The van der Waals surface area contributed by atoms with E-state index in [1.807, 2.05) is 17.2 Å². The molecule has 21 heavy (non-hydrogen) atoms. The lowest BCUT2D eigenvalue weighted by Crippen LogP contribution is -2.41. The van der Waals surface area contributed by atoms with Crippen LogP contribution in [0.5, 0.6) is 0 Å². The smallest absolute Gasteiger partial charge is 0.240 e. The van der Waals surface area contributed by atoms with E-state index in [1.165, 1.54) is 4.70 Å². The van der Waals surface area contributed by atoms with Crippen LogP contribution in [-0.2, 0) is 4.79 Å². The summed E-state index contributed by atoms with van der Waals surface area (Å²) in [6.07, 6.45) is 2.79. The third kappa shape index (κ3) is 2.80. The largest absolute Gasteiger partial charge is 0.339 e. The maximum absolute atomic E-state index is 12.3. The minimum atomic E-state index is -0.0681. The van der Waals surface area contributed by atoms with E-state index in [0.717, 1.165) is 24.0 Å². The summed E-state index contributed by atoms with van der Waals surface area (Å²) in [7, 11) is 0. The molecule has 0 aromatic carbocycles. The standard InChI is InChI=1S/C16H21N3OS/c1-10(2)19-6-4-14(16(19)20)18-11(3)12-8-15-13(17-9-12)5-7-21-15/h5,7-11,14,18H,4,6H2,1-3H3/t11-,14-/m0/s1. The van der Waals surface area contributed by atoms with Crippen molar-refractivity contribution in [3.8, 4) is 0 Å². The normalized spacial score (nSPS) is 20.7. The number of thiophene rings is 1. The van der Waals surface area contributed by atoms with E-state index in [-0.39, 0.29) is 24.0 Å². The first-order chi connectivity index (χ1) is 10.1. The van der Waals surface area contributed by atoms with Gasteiger partial charge in [0.05, 0.1) is 16.3 Å². The molecule has 1 saturated heterocycles. The molecule has 0 aliphatic carbocycles. The summed E-state index contributed by atoms with van der Waals surface area (Å²) in [6, 6.07) is 4.54. The van der Waals surface area contributed by atoms with Gasteiger partial charge >= 0.3 is 0 Å². The summed E-state index contributed by atoms with van der Waals surface area (Å²) in [4.78, 5) is 18.8. The highest BCUT2D eigenvalue weighted by molar-refractivity contribution is 7.17. The lowest BCUT2D eigenvalue weighted by molar-refractivity contribution is -0.130. The van der Waals surface area contributed by atoms with Gasteiger partial charge in [0.2, 0.25) is 5.91 Å². The summed E-state index contributed by atoms with van der Waals surface area (Å²) in [5.41, 5.74) is 2.18. The predicted molar refractivity (Wildman–Crippen MR) is 86.4 cm³/mol. The quantitative estimate of drug-likeness (QED) is 0.944. The van der Waals surface area contributed by atoms with Crippen molar-refractivity contribution in [2.45, 2.75) is 45.3 Å². The number of carbonyl (C=O) groups is 1. The number of aromatic nitrogens is 1. The molecule has 2 aromatic rings. The van der Waals surface area contributed by atoms with Crippen molar-refractivity contribution in [1.82, 2.24) is 15.2 Å². The number of hydrogen-bond donors (Lipinski definition) is 1. The number of likely N-dealkylation sites (tertiary alicyclic amines) is 1. The molecule has 2 atom stereocenters. The Bertz CT molecular complexity index is 652. The summed E-state index contributed by atoms with van der Waals surface area (Å²) in [6.45, 7) is 7.08. The van der Waals surface area contributed by atoms with Crippen molar-refractivity contribution in [3.63, 3.8) is 0 Å². The van der Waals surface area contributed by atoms with Gasteiger partial charge in [-0.15, -0.1) is 11.3 Å². The predicted octanol–water partition coefficient (Wildman–Crippen LogP) is 2.96. The maximum atomic E-state index is 12.3. The van der Waals surface area contributed by atoms with Crippen molar-refractivity contribution in [3.05, 3.63) is 29.3 Å². The molecule has 5 heteroatoms. The van der Waals surface area contributed by atoms with E-state index in [2.05, 4.69) is 42.5 Å². The second-order valence-electron chi connectivity index (χ2n) is 5.93. The molecule has 3 heterocycles. The molecule has 112 valence electrons. The Kier molecular flexibility index (Phi) is 3.95. The zero-order chi connectivity index (χ0) is 15.0.